The van der Waals surface area contributed by atoms with E-state index in [9.17, 15) is 24.0 Å². The quantitative estimate of drug-likeness (QED) is 0.639. The molecule has 1 aliphatic heterocycles. The Labute approximate surface area is 122 Å². The highest BCUT2D eigenvalue weighted by molar-refractivity contribution is 6.23. The molecule has 2 amide bonds. The third kappa shape index (κ3) is 2.39. The van der Waals surface area contributed by atoms with Crippen LogP contribution in [0.2, 0.25) is 0 Å². The Hall–Kier alpha value is -3.23. The Bertz CT molecular complexity index is 723. The number of benzene rings is 1. The van der Waals surface area contributed by atoms with E-state index in [0.29, 0.717) is 4.90 Å². The number of amides is 2. The molecule has 1 heterocycles. The summed E-state index contributed by atoms with van der Waals surface area (Å²) in [6.07, 6.45) is -0.952. The van der Waals surface area contributed by atoms with E-state index in [1.165, 1.54) is 0 Å². The maximum atomic E-state index is 12.2. The standard InChI is InChI=1S/C13H9NO8/c15-9(16)4-8(13(21)22)14-10(17)6-2-1-5(12(19)20)3-7(6)11(14)18/h1-3,8H,4H2,(H,15,16)(H,19,20)(H,21,22). The van der Waals surface area contributed by atoms with E-state index in [4.69, 9.17) is 15.3 Å². The van der Waals surface area contributed by atoms with Crippen molar-refractivity contribution >= 4 is 29.7 Å². The lowest BCUT2D eigenvalue weighted by atomic mass is 10.1. The van der Waals surface area contributed by atoms with Gasteiger partial charge >= 0.3 is 17.9 Å². The second-order valence-corrected chi connectivity index (χ2v) is 4.50. The van der Waals surface area contributed by atoms with Gasteiger partial charge in [0.15, 0.2) is 0 Å². The zero-order chi connectivity index (χ0) is 16.6. The van der Waals surface area contributed by atoms with E-state index >= 15 is 0 Å². The molecular formula is C13H9NO8. The molecule has 1 aromatic carbocycles. The van der Waals surface area contributed by atoms with Crippen LogP contribution in [-0.4, -0.2) is 56.0 Å². The fraction of sp³-hybridized carbons (Fsp3) is 0.154. The van der Waals surface area contributed by atoms with Gasteiger partial charge < -0.3 is 15.3 Å². The van der Waals surface area contributed by atoms with Crippen LogP contribution in [0.1, 0.15) is 37.5 Å². The van der Waals surface area contributed by atoms with E-state index in [-0.39, 0.29) is 16.7 Å². The van der Waals surface area contributed by atoms with Crippen LogP contribution in [0.5, 0.6) is 0 Å². The number of fused-ring (bicyclic) bond motifs is 1. The monoisotopic (exact) mass is 307 g/mol. The first kappa shape index (κ1) is 15.2. The highest BCUT2D eigenvalue weighted by Gasteiger charge is 2.44. The predicted molar refractivity (Wildman–Crippen MR) is 67.6 cm³/mol. The van der Waals surface area contributed by atoms with Crippen LogP contribution < -0.4 is 0 Å². The Morgan fingerprint density at radius 1 is 1.00 bits per heavy atom. The third-order valence-corrected chi connectivity index (χ3v) is 3.13. The number of aromatic carboxylic acids is 1. The first-order valence-corrected chi connectivity index (χ1v) is 5.94. The van der Waals surface area contributed by atoms with Gasteiger partial charge in [-0.2, -0.15) is 0 Å². The molecule has 0 bridgehead atoms. The van der Waals surface area contributed by atoms with Crippen molar-refractivity contribution in [3.63, 3.8) is 0 Å². The number of rotatable bonds is 5. The summed E-state index contributed by atoms with van der Waals surface area (Å²) in [5.74, 6) is -6.45. The van der Waals surface area contributed by atoms with E-state index in [1.807, 2.05) is 0 Å². The molecule has 9 heteroatoms. The second-order valence-electron chi connectivity index (χ2n) is 4.50. The number of nitrogens with zero attached hydrogens (tertiary/aromatic N) is 1. The van der Waals surface area contributed by atoms with Crippen molar-refractivity contribution in [3.05, 3.63) is 34.9 Å². The SMILES string of the molecule is O=C(O)CC(C(=O)O)N1C(=O)c2ccc(C(=O)O)cc2C1=O. The molecule has 1 aliphatic rings. The number of imide groups is 1. The molecule has 22 heavy (non-hydrogen) atoms. The number of aliphatic carboxylic acids is 2. The van der Waals surface area contributed by atoms with Gasteiger partial charge in [0.25, 0.3) is 11.8 Å². The molecule has 1 unspecified atom stereocenters. The van der Waals surface area contributed by atoms with Gasteiger partial charge in [-0.15, -0.1) is 0 Å². The van der Waals surface area contributed by atoms with Crippen LogP contribution in [0.4, 0.5) is 0 Å². The molecule has 0 fully saturated rings. The zero-order valence-electron chi connectivity index (χ0n) is 10.8. The van der Waals surface area contributed by atoms with Crippen LogP contribution >= 0.6 is 0 Å². The van der Waals surface area contributed by atoms with Crippen LogP contribution in [0, 0.1) is 0 Å². The van der Waals surface area contributed by atoms with Crippen molar-refractivity contribution in [2.45, 2.75) is 12.5 Å². The van der Waals surface area contributed by atoms with Gasteiger partial charge in [0.2, 0.25) is 0 Å². The van der Waals surface area contributed by atoms with Crippen molar-refractivity contribution in [1.29, 1.82) is 0 Å². The normalized spacial score (nSPS) is 14.6. The van der Waals surface area contributed by atoms with Gasteiger partial charge in [-0.3, -0.25) is 19.3 Å². The molecule has 1 aromatic rings. The summed E-state index contributed by atoms with van der Waals surface area (Å²) in [4.78, 5) is 57.3. The minimum atomic E-state index is -1.86. The molecule has 0 radical (unpaired) electrons. The lowest BCUT2D eigenvalue weighted by Gasteiger charge is -2.20. The summed E-state index contributed by atoms with van der Waals surface area (Å²) < 4.78 is 0. The summed E-state index contributed by atoms with van der Waals surface area (Å²) in [5, 5.41) is 26.6. The molecule has 1 atom stereocenters. The predicted octanol–water partition coefficient (Wildman–Crippen LogP) is -0.0913. The lowest BCUT2D eigenvalue weighted by molar-refractivity contribution is -0.147. The van der Waals surface area contributed by atoms with Crippen LogP contribution in [-0.2, 0) is 9.59 Å². The Balaban J connectivity index is 2.47. The second kappa shape index (κ2) is 5.28. The van der Waals surface area contributed by atoms with E-state index in [1.54, 1.807) is 0 Å². The van der Waals surface area contributed by atoms with Gasteiger partial charge in [-0.25, -0.2) is 9.59 Å². The van der Waals surface area contributed by atoms with Crippen LogP contribution in [0.15, 0.2) is 18.2 Å². The topological polar surface area (TPSA) is 149 Å². The van der Waals surface area contributed by atoms with Crippen molar-refractivity contribution in [1.82, 2.24) is 4.90 Å². The van der Waals surface area contributed by atoms with Crippen LogP contribution in [0.3, 0.4) is 0 Å². The first-order valence-electron chi connectivity index (χ1n) is 5.94. The maximum absolute atomic E-state index is 12.2. The van der Waals surface area contributed by atoms with Gasteiger partial charge in [0, 0.05) is 0 Å². The smallest absolute Gasteiger partial charge is 0.335 e. The third-order valence-electron chi connectivity index (χ3n) is 3.13. The maximum Gasteiger partial charge on any atom is 0.335 e. The average Bonchev–Trinajstić information content (AvgIpc) is 2.67. The first-order chi connectivity index (χ1) is 10.2. The van der Waals surface area contributed by atoms with Crippen LogP contribution in [0.25, 0.3) is 0 Å². The fourth-order valence-corrected chi connectivity index (χ4v) is 2.13. The molecule has 9 nitrogen and oxygen atoms in total. The minimum Gasteiger partial charge on any atom is -0.481 e. The zero-order valence-corrected chi connectivity index (χ0v) is 10.8. The Kier molecular flexibility index (Phi) is 3.64. The van der Waals surface area contributed by atoms with Crippen molar-refractivity contribution in [3.8, 4) is 0 Å². The van der Waals surface area contributed by atoms with Crippen molar-refractivity contribution in [2.24, 2.45) is 0 Å². The number of hydrogen-bond acceptors (Lipinski definition) is 5. The highest BCUT2D eigenvalue weighted by atomic mass is 16.4. The molecule has 3 N–H and O–H groups in total. The number of carboxylic acids is 3. The highest BCUT2D eigenvalue weighted by Crippen LogP contribution is 2.27. The van der Waals surface area contributed by atoms with E-state index in [2.05, 4.69) is 0 Å². The van der Waals surface area contributed by atoms with Gasteiger partial charge in [-0.05, 0) is 18.2 Å². The molecule has 2 rings (SSSR count). The lowest BCUT2D eigenvalue weighted by Crippen LogP contribution is -2.46. The summed E-state index contributed by atoms with van der Waals surface area (Å²) in [6.45, 7) is 0. The average molecular weight is 307 g/mol. The molecule has 0 saturated heterocycles. The van der Waals surface area contributed by atoms with Crippen molar-refractivity contribution < 1.29 is 39.3 Å². The Morgan fingerprint density at radius 2 is 1.59 bits per heavy atom. The van der Waals surface area contributed by atoms with Crippen molar-refractivity contribution in [2.75, 3.05) is 0 Å². The minimum absolute atomic E-state index is 0.161. The van der Waals surface area contributed by atoms with E-state index in [0.717, 1.165) is 18.2 Å². The number of hydrogen-bond donors (Lipinski definition) is 3. The number of carboxylic acid groups (broad SMARTS) is 3. The number of carbonyl (C=O) groups is 5. The van der Waals surface area contributed by atoms with Gasteiger partial charge in [-0.1, -0.05) is 0 Å². The summed E-state index contributed by atoms with van der Waals surface area (Å²) in [7, 11) is 0. The summed E-state index contributed by atoms with van der Waals surface area (Å²) in [6, 6.07) is 1.29. The summed E-state index contributed by atoms with van der Waals surface area (Å²) in [5.41, 5.74) is -0.667. The van der Waals surface area contributed by atoms with E-state index < -0.39 is 42.2 Å². The molecule has 0 aliphatic carbocycles. The number of carbonyl (C=O) groups excluding carboxylic acids is 2. The fourth-order valence-electron chi connectivity index (χ4n) is 2.13. The summed E-state index contributed by atoms with van der Waals surface area (Å²) >= 11 is 0. The van der Waals surface area contributed by atoms with Gasteiger partial charge in [0.1, 0.15) is 6.04 Å². The Morgan fingerprint density at radius 3 is 2.09 bits per heavy atom. The molecule has 0 saturated carbocycles. The molecule has 0 aromatic heterocycles. The molecular weight excluding hydrogens is 298 g/mol. The molecule has 114 valence electrons. The van der Waals surface area contributed by atoms with Gasteiger partial charge in [0.05, 0.1) is 23.1 Å². The largest absolute Gasteiger partial charge is 0.481 e. The molecule has 0 spiro atoms.